The van der Waals surface area contributed by atoms with E-state index in [1.807, 2.05) is 38.1 Å². The van der Waals surface area contributed by atoms with E-state index in [1.165, 1.54) is 0 Å². The lowest BCUT2D eigenvalue weighted by Gasteiger charge is -2.38. The number of nitrogens with zero attached hydrogens (tertiary/aromatic N) is 1. The Hall–Kier alpha value is -1.03. The predicted molar refractivity (Wildman–Crippen MR) is 68.7 cm³/mol. The molecule has 1 fully saturated rings. The molecule has 1 aliphatic heterocycles. The number of anilines is 1. The van der Waals surface area contributed by atoms with Crippen LogP contribution < -0.4 is 10.2 Å². The lowest BCUT2D eigenvalue weighted by atomic mass is 9.98. The highest BCUT2D eigenvalue weighted by atomic mass is 79.9. The summed E-state index contributed by atoms with van der Waals surface area (Å²) in [6.45, 7) is 4.84. The summed E-state index contributed by atoms with van der Waals surface area (Å²) in [5.41, 5.74) is 0.824. The van der Waals surface area contributed by atoms with Crippen LogP contribution in [0.1, 0.15) is 20.3 Å². The van der Waals surface area contributed by atoms with Crippen molar-refractivity contribution in [2.75, 3.05) is 11.4 Å². The maximum atomic E-state index is 12.0. The van der Waals surface area contributed by atoms with Crippen LogP contribution in [0, 0.1) is 0 Å². The van der Waals surface area contributed by atoms with E-state index in [0.717, 1.165) is 23.1 Å². The number of amides is 2. The first kappa shape index (κ1) is 11.5. The number of nitrogens with one attached hydrogen (secondary N) is 1. The van der Waals surface area contributed by atoms with Crippen molar-refractivity contribution < 1.29 is 4.79 Å². The molecule has 0 radical (unpaired) electrons. The Morgan fingerprint density at radius 2 is 2.06 bits per heavy atom. The van der Waals surface area contributed by atoms with Crippen molar-refractivity contribution in [1.29, 1.82) is 0 Å². The van der Waals surface area contributed by atoms with Crippen molar-refractivity contribution in [3.8, 4) is 0 Å². The number of urea groups is 1. The minimum atomic E-state index is -0.102. The normalized spacial score (nSPS) is 19.4. The molecule has 0 atom stereocenters. The van der Waals surface area contributed by atoms with Gasteiger partial charge in [0.1, 0.15) is 0 Å². The number of hydrogen-bond acceptors (Lipinski definition) is 1. The number of halogens is 1. The minimum Gasteiger partial charge on any atom is -0.333 e. The molecule has 0 saturated carbocycles. The van der Waals surface area contributed by atoms with Crippen molar-refractivity contribution in [2.45, 2.75) is 25.8 Å². The third-order valence-corrected chi connectivity index (χ3v) is 3.46. The van der Waals surface area contributed by atoms with Gasteiger partial charge in [-0.05, 0) is 48.3 Å². The molecule has 1 saturated heterocycles. The van der Waals surface area contributed by atoms with E-state index < -0.39 is 0 Å². The Morgan fingerprint density at radius 1 is 1.38 bits per heavy atom. The molecule has 1 heterocycles. The average molecular weight is 283 g/mol. The molecule has 2 rings (SSSR count). The maximum absolute atomic E-state index is 12.0. The molecule has 86 valence electrons. The van der Waals surface area contributed by atoms with Gasteiger partial charge in [0.05, 0.1) is 5.69 Å². The van der Waals surface area contributed by atoms with Crippen molar-refractivity contribution in [2.24, 2.45) is 0 Å². The van der Waals surface area contributed by atoms with E-state index in [-0.39, 0.29) is 11.6 Å². The van der Waals surface area contributed by atoms with Crippen LogP contribution in [0.5, 0.6) is 0 Å². The van der Waals surface area contributed by atoms with Gasteiger partial charge in [0.25, 0.3) is 0 Å². The van der Waals surface area contributed by atoms with Crippen LogP contribution in [0.15, 0.2) is 28.7 Å². The van der Waals surface area contributed by atoms with Crippen LogP contribution >= 0.6 is 15.9 Å². The van der Waals surface area contributed by atoms with Crippen LogP contribution in [0.3, 0.4) is 0 Å². The van der Waals surface area contributed by atoms with Gasteiger partial charge in [0.2, 0.25) is 0 Å². The van der Waals surface area contributed by atoms with Gasteiger partial charge in [-0.25, -0.2) is 4.79 Å². The molecule has 2 amide bonds. The quantitative estimate of drug-likeness (QED) is 0.843. The highest BCUT2D eigenvalue weighted by Gasteiger charge is 2.31. The summed E-state index contributed by atoms with van der Waals surface area (Å²) in [5, 5.41) is 3.00. The molecule has 0 spiro atoms. The molecule has 1 aromatic rings. The Labute approximate surface area is 104 Å². The smallest absolute Gasteiger partial charge is 0.322 e. The summed E-state index contributed by atoms with van der Waals surface area (Å²) in [6.07, 6.45) is 0.945. The van der Waals surface area contributed by atoms with E-state index in [1.54, 1.807) is 4.90 Å². The summed E-state index contributed by atoms with van der Waals surface area (Å²) in [7, 11) is 0. The molecule has 0 bridgehead atoms. The Balaban J connectivity index is 2.24. The monoisotopic (exact) mass is 282 g/mol. The van der Waals surface area contributed by atoms with E-state index in [4.69, 9.17) is 0 Å². The Morgan fingerprint density at radius 3 is 2.69 bits per heavy atom. The zero-order valence-corrected chi connectivity index (χ0v) is 11.0. The van der Waals surface area contributed by atoms with Gasteiger partial charge in [-0.2, -0.15) is 0 Å². The number of carbonyl (C=O) groups excluding carboxylic acids is 1. The molecule has 16 heavy (non-hydrogen) atoms. The molecule has 0 aromatic heterocycles. The second-order valence-electron chi connectivity index (χ2n) is 4.67. The lowest BCUT2D eigenvalue weighted by molar-refractivity contribution is 0.224. The molecular formula is C12H15BrN2O. The van der Waals surface area contributed by atoms with Crippen molar-refractivity contribution in [3.63, 3.8) is 0 Å². The number of carbonyl (C=O) groups is 1. The van der Waals surface area contributed by atoms with Gasteiger partial charge in [0, 0.05) is 16.6 Å². The predicted octanol–water partition coefficient (Wildman–Crippen LogP) is 3.15. The van der Waals surface area contributed by atoms with Gasteiger partial charge in [-0.15, -0.1) is 0 Å². The molecule has 1 N–H and O–H groups in total. The summed E-state index contributed by atoms with van der Waals surface area (Å²) in [6, 6.07) is 7.75. The molecule has 4 heteroatoms. The van der Waals surface area contributed by atoms with Crippen LogP contribution in [-0.2, 0) is 0 Å². The SMILES string of the molecule is CC1(C)CCN(c2ccccc2Br)C(=O)N1. The number of para-hydroxylation sites is 1. The van der Waals surface area contributed by atoms with Crippen molar-refractivity contribution in [3.05, 3.63) is 28.7 Å². The van der Waals surface area contributed by atoms with E-state index in [0.29, 0.717) is 0 Å². The second-order valence-corrected chi connectivity index (χ2v) is 5.52. The van der Waals surface area contributed by atoms with Crippen LogP contribution in [0.25, 0.3) is 0 Å². The highest BCUT2D eigenvalue weighted by molar-refractivity contribution is 9.10. The minimum absolute atomic E-state index is 0.0249. The van der Waals surface area contributed by atoms with Gasteiger partial charge in [-0.1, -0.05) is 12.1 Å². The molecule has 1 aliphatic rings. The molecule has 1 aromatic carbocycles. The van der Waals surface area contributed by atoms with Gasteiger partial charge in [0.15, 0.2) is 0 Å². The summed E-state index contributed by atoms with van der Waals surface area (Å²) in [4.78, 5) is 13.7. The van der Waals surface area contributed by atoms with Gasteiger partial charge in [-0.3, -0.25) is 4.90 Å². The molecule has 0 unspecified atom stereocenters. The number of hydrogen-bond donors (Lipinski definition) is 1. The Kier molecular flexibility index (Phi) is 2.93. The van der Waals surface area contributed by atoms with Crippen LogP contribution in [-0.4, -0.2) is 18.1 Å². The largest absolute Gasteiger partial charge is 0.333 e. The van der Waals surface area contributed by atoms with Gasteiger partial charge < -0.3 is 5.32 Å². The maximum Gasteiger partial charge on any atom is 0.322 e. The van der Waals surface area contributed by atoms with Gasteiger partial charge >= 0.3 is 6.03 Å². The number of rotatable bonds is 1. The van der Waals surface area contributed by atoms with Crippen molar-refractivity contribution >= 4 is 27.6 Å². The number of benzene rings is 1. The van der Waals surface area contributed by atoms with Crippen molar-refractivity contribution in [1.82, 2.24) is 5.32 Å². The second kappa shape index (κ2) is 4.09. The third kappa shape index (κ3) is 2.21. The van der Waals surface area contributed by atoms with E-state index >= 15 is 0 Å². The first-order valence-electron chi connectivity index (χ1n) is 5.34. The standard InChI is InChI=1S/C12H15BrN2O/c1-12(2)7-8-15(11(16)14-12)10-6-4-3-5-9(10)13/h3-6H,7-8H2,1-2H3,(H,14,16). The fourth-order valence-electron chi connectivity index (χ4n) is 1.81. The average Bonchev–Trinajstić information content (AvgIpc) is 2.18. The highest BCUT2D eigenvalue weighted by Crippen LogP contribution is 2.28. The fourth-order valence-corrected chi connectivity index (χ4v) is 2.31. The zero-order valence-electron chi connectivity index (χ0n) is 9.46. The summed E-state index contributed by atoms with van der Waals surface area (Å²) >= 11 is 3.47. The zero-order chi connectivity index (χ0) is 11.8. The summed E-state index contributed by atoms with van der Waals surface area (Å²) < 4.78 is 0.949. The fraction of sp³-hybridized carbons (Fsp3) is 0.417. The molecule has 3 nitrogen and oxygen atoms in total. The lowest BCUT2D eigenvalue weighted by Crippen LogP contribution is -2.57. The first-order chi connectivity index (χ1) is 7.49. The topological polar surface area (TPSA) is 32.3 Å². The summed E-state index contributed by atoms with van der Waals surface area (Å²) in [5.74, 6) is 0. The van der Waals surface area contributed by atoms with Crippen LogP contribution in [0.4, 0.5) is 10.5 Å². The van der Waals surface area contributed by atoms with E-state index in [2.05, 4.69) is 21.2 Å². The van der Waals surface area contributed by atoms with E-state index in [9.17, 15) is 4.79 Å². The molecular weight excluding hydrogens is 268 g/mol. The van der Waals surface area contributed by atoms with Crippen LogP contribution in [0.2, 0.25) is 0 Å². The molecule has 0 aliphatic carbocycles. The first-order valence-corrected chi connectivity index (χ1v) is 6.13. The third-order valence-electron chi connectivity index (χ3n) is 2.79. The Bertz CT molecular complexity index is 417.